The number of hydrogen-bond acceptors (Lipinski definition) is 2. The smallest absolute Gasteiger partial charge is 0.106 e. The van der Waals surface area contributed by atoms with Crippen LogP contribution in [0, 0.1) is 0 Å². The first kappa shape index (κ1) is 9.78. The summed E-state index contributed by atoms with van der Waals surface area (Å²) in [5.41, 5.74) is 1.34. The SMILES string of the molecule is CON=CCC(C)c1ccccc1. The van der Waals surface area contributed by atoms with Gasteiger partial charge in [-0.25, -0.2) is 0 Å². The Bertz CT molecular complexity index is 256. The van der Waals surface area contributed by atoms with E-state index >= 15 is 0 Å². The van der Waals surface area contributed by atoms with Crippen LogP contribution in [0.3, 0.4) is 0 Å². The third-order valence-corrected chi connectivity index (χ3v) is 2.01. The van der Waals surface area contributed by atoms with E-state index in [-0.39, 0.29) is 0 Å². The van der Waals surface area contributed by atoms with Gasteiger partial charge >= 0.3 is 0 Å². The van der Waals surface area contributed by atoms with Crippen molar-refractivity contribution < 1.29 is 4.84 Å². The van der Waals surface area contributed by atoms with Crippen LogP contribution in [0.1, 0.15) is 24.8 Å². The van der Waals surface area contributed by atoms with Crippen molar-refractivity contribution in [3.8, 4) is 0 Å². The first-order valence-electron chi connectivity index (χ1n) is 4.44. The lowest BCUT2D eigenvalue weighted by Crippen LogP contribution is -1.93. The first-order valence-corrected chi connectivity index (χ1v) is 4.44. The molecule has 0 aliphatic rings. The molecule has 1 aromatic carbocycles. The molecular formula is C11H15NO. The van der Waals surface area contributed by atoms with Gasteiger partial charge in [0.15, 0.2) is 0 Å². The van der Waals surface area contributed by atoms with Gasteiger partial charge in [-0.15, -0.1) is 0 Å². The highest BCUT2D eigenvalue weighted by atomic mass is 16.6. The monoisotopic (exact) mass is 177 g/mol. The van der Waals surface area contributed by atoms with Gasteiger partial charge < -0.3 is 4.84 Å². The van der Waals surface area contributed by atoms with E-state index in [4.69, 9.17) is 0 Å². The van der Waals surface area contributed by atoms with Crippen LogP contribution in [0.4, 0.5) is 0 Å². The second-order valence-electron chi connectivity index (χ2n) is 3.02. The van der Waals surface area contributed by atoms with Gasteiger partial charge in [0, 0.05) is 6.21 Å². The van der Waals surface area contributed by atoms with Gasteiger partial charge in [-0.05, 0) is 17.9 Å². The van der Waals surface area contributed by atoms with E-state index in [1.165, 1.54) is 5.56 Å². The molecule has 0 aliphatic carbocycles. The van der Waals surface area contributed by atoms with Crippen molar-refractivity contribution in [1.82, 2.24) is 0 Å². The van der Waals surface area contributed by atoms with Crippen LogP contribution in [0.15, 0.2) is 35.5 Å². The average Bonchev–Trinajstić information content (AvgIpc) is 2.19. The summed E-state index contributed by atoms with van der Waals surface area (Å²) in [5.74, 6) is 0.500. The van der Waals surface area contributed by atoms with Crippen LogP contribution in [-0.2, 0) is 4.84 Å². The zero-order valence-corrected chi connectivity index (χ0v) is 8.10. The molecule has 0 aromatic heterocycles. The maximum atomic E-state index is 4.60. The molecule has 0 saturated carbocycles. The minimum Gasteiger partial charge on any atom is -0.399 e. The molecule has 2 nitrogen and oxygen atoms in total. The summed E-state index contributed by atoms with van der Waals surface area (Å²) in [4.78, 5) is 4.60. The van der Waals surface area contributed by atoms with Crippen LogP contribution in [-0.4, -0.2) is 13.3 Å². The number of benzene rings is 1. The third-order valence-electron chi connectivity index (χ3n) is 2.01. The fourth-order valence-corrected chi connectivity index (χ4v) is 1.19. The standard InChI is InChI=1S/C11H15NO/c1-10(8-9-12-13-2)11-6-4-3-5-7-11/h3-7,9-10H,8H2,1-2H3. The van der Waals surface area contributed by atoms with Crippen LogP contribution in [0.2, 0.25) is 0 Å². The summed E-state index contributed by atoms with van der Waals surface area (Å²) in [6.45, 7) is 2.18. The number of rotatable bonds is 4. The molecule has 2 heteroatoms. The van der Waals surface area contributed by atoms with Crippen molar-refractivity contribution in [2.24, 2.45) is 5.16 Å². The van der Waals surface area contributed by atoms with Gasteiger partial charge in [0.2, 0.25) is 0 Å². The summed E-state index contributed by atoms with van der Waals surface area (Å²) in [5, 5.41) is 3.71. The number of nitrogens with zero attached hydrogens (tertiary/aromatic N) is 1. The number of oxime groups is 1. The summed E-state index contributed by atoms with van der Waals surface area (Å²) in [6, 6.07) is 10.4. The molecular weight excluding hydrogens is 162 g/mol. The fraction of sp³-hybridized carbons (Fsp3) is 0.364. The average molecular weight is 177 g/mol. The van der Waals surface area contributed by atoms with Gasteiger partial charge in [-0.1, -0.05) is 42.4 Å². The normalized spacial score (nSPS) is 13.1. The van der Waals surface area contributed by atoms with E-state index in [0.717, 1.165) is 6.42 Å². The molecule has 0 fully saturated rings. The molecule has 0 saturated heterocycles. The molecule has 1 aromatic rings. The van der Waals surface area contributed by atoms with Gasteiger partial charge in [0.05, 0.1) is 0 Å². The van der Waals surface area contributed by atoms with Crippen molar-refractivity contribution in [2.75, 3.05) is 7.11 Å². The largest absolute Gasteiger partial charge is 0.399 e. The summed E-state index contributed by atoms with van der Waals surface area (Å²) >= 11 is 0. The molecule has 0 heterocycles. The first-order chi connectivity index (χ1) is 6.34. The lowest BCUT2D eigenvalue weighted by Gasteiger charge is -2.07. The van der Waals surface area contributed by atoms with Gasteiger partial charge in [-0.3, -0.25) is 0 Å². The van der Waals surface area contributed by atoms with Crippen LogP contribution < -0.4 is 0 Å². The lowest BCUT2D eigenvalue weighted by atomic mass is 9.99. The van der Waals surface area contributed by atoms with E-state index in [9.17, 15) is 0 Å². The molecule has 0 bridgehead atoms. The second-order valence-corrected chi connectivity index (χ2v) is 3.02. The Balaban J connectivity index is 2.49. The van der Waals surface area contributed by atoms with Crippen molar-refractivity contribution in [1.29, 1.82) is 0 Å². The van der Waals surface area contributed by atoms with E-state index in [2.05, 4.69) is 41.2 Å². The lowest BCUT2D eigenvalue weighted by molar-refractivity contribution is 0.214. The molecule has 70 valence electrons. The van der Waals surface area contributed by atoms with Crippen molar-refractivity contribution in [2.45, 2.75) is 19.3 Å². The van der Waals surface area contributed by atoms with Crippen LogP contribution in [0.5, 0.6) is 0 Å². The minimum absolute atomic E-state index is 0.500. The summed E-state index contributed by atoms with van der Waals surface area (Å²) < 4.78 is 0. The Morgan fingerprint density at radius 1 is 1.38 bits per heavy atom. The maximum Gasteiger partial charge on any atom is 0.106 e. The Morgan fingerprint density at radius 2 is 2.08 bits per heavy atom. The minimum atomic E-state index is 0.500. The molecule has 1 unspecified atom stereocenters. The second kappa shape index (κ2) is 5.36. The summed E-state index contributed by atoms with van der Waals surface area (Å²) in [6.07, 6.45) is 2.72. The highest BCUT2D eigenvalue weighted by Gasteiger charge is 2.01. The molecule has 0 aliphatic heterocycles. The zero-order valence-electron chi connectivity index (χ0n) is 8.10. The third kappa shape index (κ3) is 3.28. The predicted molar refractivity (Wildman–Crippen MR) is 55.0 cm³/mol. The Kier molecular flexibility index (Phi) is 4.03. The number of hydrogen-bond donors (Lipinski definition) is 0. The van der Waals surface area contributed by atoms with Crippen molar-refractivity contribution in [3.63, 3.8) is 0 Å². The highest BCUT2D eigenvalue weighted by molar-refractivity contribution is 5.57. The molecule has 0 spiro atoms. The Hall–Kier alpha value is -1.31. The van der Waals surface area contributed by atoms with Crippen molar-refractivity contribution in [3.05, 3.63) is 35.9 Å². The van der Waals surface area contributed by atoms with E-state index in [1.807, 2.05) is 6.07 Å². The molecule has 0 N–H and O–H groups in total. The van der Waals surface area contributed by atoms with E-state index < -0.39 is 0 Å². The van der Waals surface area contributed by atoms with E-state index in [0.29, 0.717) is 5.92 Å². The Morgan fingerprint density at radius 3 is 2.69 bits per heavy atom. The predicted octanol–water partition coefficient (Wildman–Crippen LogP) is 2.81. The fourth-order valence-electron chi connectivity index (χ4n) is 1.19. The maximum absolute atomic E-state index is 4.60. The molecule has 1 atom stereocenters. The van der Waals surface area contributed by atoms with Crippen molar-refractivity contribution >= 4 is 6.21 Å². The van der Waals surface area contributed by atoms with Gasteiger partial charge in [0.1, 0.15) is 7.11 Å². The molecule has 0 amide bonds. The van der Waals surface area contributed by atoms with E-state index in [1.54, 1.807) is 13.3 Å². The Labute approximate surface area is 79.2 Å². The zero-order chi connectivity index (χ0) is 9.52. The highest BCUT2D eigenvalue weighted by Crippen LogP contribution is 2.16. The van der Waals surface area contributed by atoms with Gasteiger partial charge in [-0.2, -0.15) is 0 Å². The quantitative estimate of drug-likeness (QED) is 0.512. The molecule has 1 rings (SSSR count). The summed E-state index contributed by atoms with van der Waals surface area (Å²) in [7, 11) is 1.56. The molecule has 13 heavy (non-hydrogen) atoms. The van der Waals surface area contributed by atoms with Crippen LogP contribution in [0.25, 0.3) is 0 Å². The topological polar surface area (TPSA) is 21.6 Å². The van der Waals surface area contributed by atoms with Gasteiger partial charge in [0.25, 0.3) is 0 Å². The van der Waals surface area contributed by atoms with Crippen LogP contribution >= 0.6 is 0 Å². The molecule has 0 radical (unpaired) electrons.